The average Bonchev–Trinajstić information content (AvgIpc) is 2.99. The van der Waals surface area contributed by atoms with Crippen LogP contribution in [0.5, 0.6) is 0 Å². The molecule has 1 aliphatic carbocycles. The minimum absolute atomic E-state index is 0.0437. The molecule has 0 bridgehead atoms. The van der Waals surface area contributed by atoms with Gasteiger partial charge in [-0.05, 0) is 30.4 Å². The van der Waals surface area contributed by atoms with Crippen LogP contribution in [0.15, 0.2) is 24.3 Å². The van der Waals surface area contributed by atoms with Crippen LogP contribution in [0.2, 0.25) is 0 Å². The summed E-state index contributed by atoms with van der Waals surface area (Å²) in [6, 6.07) is 8.88. The Morgan fingerprint density at radius 3 is 2.90 bits per heavy atom. The van der Waals surface area contributed by atoms with Crippen LogP contribution < -0.4 is 5.32 Å². The standard InChI is InChI=1S/C17H23NO2/c19-15(12-18-14-6-2-3-7-14)11-17-16-8-4-1-5-13(16)9-10-20-17/h1,4-5,8,14,17-18H,2-3,6-7,9-12H2. The van der Waals surface area contributed by atoms with Crippen LogP contribution in [-0.2, 0) is 16.0 Å². The second-order valence-electron chi connectivity index (χ2n) is 5.91. The van der Waals surface area contributed by atoms with Crippen molar-refractivity contribution in [3.8, 4) is 0 Å². The van der Waals surface area contributed by atoms with Crippen molar-refractivity contribution in [2.75, 3.05) is 13.2 Å². The molecule has 0 aromatic heterocycles. The molecule has 1 aromatic carbocycles. The molecule has 3 nitrogen and oxygen atoms in total. The first-order chi connectivity index (χ1) is 9.83. The summed E-state index contributed by atoms with van der Waals surface area (Å²) in [5.74, 6) is 0.263. The number of ketones is 1. The zero-order valence-electron chi connectivity index (χ0n) is 11.9. The maximum atomic E-state index is 12.1. The van der Waals surface area contributed by atoms with E-state index in [1.54, 1.807) is 0 Å². The molecule has 2 aliphatic rings. The van der Waals surface area contributed by atoms with Gasteiger partial charge in [0.1, 0.15) is 5.78 Å². The largest absolute Gasteiger partial charge is 0.373 e. The van der Waals surface area contributed by atoms with E-state index in [1.807, 2.05) is 6.07 Å². The molecule has 0 amide bonds. The molecule has 0 spiro atoms. The molecular formula is C17H23NO2. The third kappa shape index (κ3) is 3.28. The molecule has 0 saturated heterocycles. The summed E-state index contributed by atoms with van der Waals surface area (Å²) < 4.78 is 5.80. The molecule has 108 valence electrons. The normalized spacial score (nSPS) is 22.7. The molecule has 1 N–H and O–H groups in total. The Morgan fingerprint density at radius 2 is 2.05 bits per heavy atom. The molecule has 20 heavy (non-hydrogen) atoms. The van der Waals surface area contributed by atoms with Gasteiger partial charge in [-0.15, -0.1) is 0 Å². The van der Waals surface area contributed by atoms with Crippen molar-refractivity contribution in [1.82, 2.24) is 5.32 Å². The highest BCUT2D eigenvalue weighted by Crippen LogP contribution is 2.29. The Labute approximate surface area is 120 Å². The Balaban J connectivity index is 1.54. The van der Waals surface area contributed by atoms with E-state index < -0.39 is 0 Å². The van der Waals surface area contributed by atoms with Gasteiger partial charge in [-0.25, -0.2) is 0 Å². The minimum Gasteiger partial charge on any atom is -0.373 e. The van der Waals surface area contributed by atoms with E-state index in [1.165, 1.54) is 36.8 Å². The Kier molecular flexibility index (Phi) is 4.48. The van der Waals surface area contributed by atoms with Crippen molar-refractivity contribution in [3.05, 3.63) is 35.4 Å². The number of ether oxygens (including phenoxy) is 1. The smallest absolute Gasteiger partial charge is 0.149 e. The second kappa shape index (κ2) is 6.51. The molecule has 0 radical (unpaired) electrons. The Hall–Kier alpha value is -1.19. The molecule has 1 atom stereocenters. The number of nitrogens with one attached hydrogen (secondary N) is 1. The first-order valence-corrected chi connectivity index (χ1v) is 7.77. The third-order valence-corrected chi connectivity index (χ3v) is 4.45. The highest BCUT2D eigenvalue weighted by atomic mass is 16.5. The second-order valence-corrected chi connectivity index (χ2v) is 5.91. The fourth-order valence-electron chi connectivity index (χ4n) is 3.31. The Morgan fingerprint density at radius 1 is 1.25 bits per heavy atom. The monoisotopic (exact) mass is 273 g/mol. The van der Waals surface area contributed by atoms with Gasteiger partial charge >= 0.3 is 0 Å². The summed E-state index contributed by atoms with van der Waals surface area (Å²) in [5.41, 5.74) is 2.54. The van der Waals surface area contributed by atoms with Gasteiger partial charge in [0, 0.05) is 12.5 Å². The van der Waals surface area contributed by atoms with E-state index in [2.05, 4.69) is 23.5 Å². The third-order valence-electron chi connectivity index (χ3n) is 4.45. The molecule has 1 unspecified atom stereocenters. The maximum Gasteiger partial charge on any atom is 0.149 e. The highest BCUT2D eigenvalue weighted by Gasteiger charge is 2.23. The van der Waals surface area contributed by atoms with Crippen LogP contribution in [0, 0.1) is 0 Å². The minimum atomic E-state index is -0.0437. The zero-order valence-corrected chi connectivity index (χ0v) is 11.9. The van der Waals surface area contributed by atoms with Gasteiger partial charge in [0.15, 0.2) is 0 Å². The van der Waals surface area contributed by atoms with Crippen LogP contribution in [0.1, 0.15) is 49.3 Å². The summed E-state index contributed by atoms with van der Waals surface area (Å²) >= 11 is 0. The molecular weight excluding hydrogens is 250 g/mol. The van der Waals surface area contributed by atoms with E-state index in [-0.39, 0.29) is 11.9 Å². The van der Waals surface area contributed by atoms with Crippen LogP contribution in [0.3, 0.4) is 0 Å². The van der Waals surface area contributed by atoms with E-state index in [4.69, 9.17) is 4.74 Å². The summed E-state index contributed by atoms with van der Waals surface area (Å²) in [6.07, 6.45) is 6.44. The first-order valence-electron chi connectivity index (χ1n) is 7.77. The summed E-state index contributed by atoms with van der Waals surface area (Å²) in [4.78, 5) is 12.1. The predicted octanol–water partition coefficient (Wildman–Crippen LogP) is 2.79. The van der Waals surface area contributed by atoms with Gasteiger partial charge in [-0.2, -0.15) is 0 Å². The number of carbonyl (C=O) groups is 1. The van der Waals surface area contributed by atoms with Gasteiger partial charge in [-0.1, -0.05) is 37.1 Å². The average molecular weight is 273 g/mol. The number of hydrogen-bond donors (Lipinski definition) is 1. The summed E-state index contributed by atoms with van der Waals surface area (Å²) in [6.45, 7) is 1.22. The van der Waals surface area contributed by atoms with Gasteiger partial charge in [0.25, 0.3) is 0 Å². The first kappa shape index (κ1) is 13.8. The summed E-state index contributed by atoms with van der Waals surface area (Å²) in [7, 11) is 0. The molecule has 1 saturated carbocycles. The van der Waals surface area contributed by atoms with Crippen LogP contribution >= 0.6 is 0 Å². The quantitative estimate of drug-likeness (QED) is 0.896. The lowest BCUT2D eigenvalue weighted by atomic mass is 9.94. The van der Waals surface area contributed by atoms with Crippen molar-refractivity contribution in [3.63, 3.8) is 0 Å². The van der Waals surface area contributed by atoms with Gasteiger partial charge in [0.05, 0.1) is 19.3 Å². The number of carbonyl (C=O) groups excluding carboxylic acids is 1. The van der Waals surface area contributed by atoms with E-state index >= 15 is 0 Å². The van der Waals surface area contributed by atoms with E-state index in [9.17, 15) is 4.79 Å². The van der Waals surface area contributed by atoms with E-state index in [0.717, 1.165) is 13.0 Å². The molecule has 3 rings (SSSR count). The molecule has 1 heterocycles. The highest BCUT2D eigenvalue weighted by molar-refractivity contribution is 5.81. The van der Waals surface area contributed by atoms with Crippen molar-refractivity contribution >= 4 is 5.78 Å². The van der Waals surface area contributed by atoms with Crippen molar-refractivity contribution in [2.45, 2.75) is 50.7 Å². The van der Waals surface area contributed by atoms with E-state index in [0.29, 0.717) is 19.0 Å². The summed E-state index contributed by atoms with van der Waals surface area (Å²) in [5, 5.41) is 3.39. The van der Waals surface area contributed by atoms with Crippen molar-refractivity contribution < 1.29 is 9.53 Å². The maximum absolute atomic E-state index is 12.1. The lowest BCUT2D eigenvalue weighted by Crippen LogP contribution is -2.32. The number of hydrogen-bond acceptors (Lipinski definition) is 3. The molecule has 3 heteroatoms. The van der Waals surface area contributed by atoms with Crippen LogP contribution in [0.25, 0.3) is 0 Å². The van der Waals surface area contributed by atoms with Crippen molar-refractivity contribution in [2.24, 2.45) is 0 Å². The van der Waals surface area contributed by atoms with Crippen molar-refractivity contribution in [1.29, 1.82) is 0 Å². The van der Waals surface area contributed by atoms with Gasteiger partial charge in [0.2, 0.25) is 0 Å². The molecule has 1 aliphatic heterocycles. The zero-order chi connectivity index (χ0) is 13.8. The fraction of sp³-hybridized carbons (Fsp3) is 0.588. The number of benzene rings is 1. The lowest BCUT2D eigenvalue weighted by Gasteiger charge is -2.25. The Bertz CT molecular complexity index is 466. The van der Waals surface area contributed by atoms with Gasteiger partial charge in [-0.3, -0.25) is 4.79 Å². The van der Waals surface area contributed by atoms with Crippen LogP contribution in [-0.4, -0.2) is 25.0 Å². The van der Waals surface area contributed by atoms with Crippen LogP contribution in [0.4, 0.5) is 0 Å². The lowest BCUT2D eigenvalue weighted by molar-refractivity contribution is -0.121. The number of rotatable bonds is 5. The predicted molar refractivity (Wildman–Crippen MR) is 78.7 cm³/mol. The molecule has 1 fully saturated rings. The van der Waals surface area contributed by atoms with Gasteiger partial charge < -0.3 is 10.1 Å². The SMILES string of the molecule is O=C(CNC1CCCC1)CC1OCCc2ccccc21. The topological polar surface area (TPSA) is 38.3 Å². The number of fused-ring (bicyclic) bond motifs is 1. The number of Topliss-reactive ketones (excluding diaryl/α,β-unsaturated/α-hetero) is 1. The molecule has 1 aromatic rings. The fourth-order valence-corrected chi connectivity index (χ4v) is 3.31.